The van der Waals surface area contributed by atoms with Crippen LogP contribution in [0.25, 0.3) is 0 Å². The van der Waals surface area contributed by atoms with E-state index in [1.165, 1.54) is 12.7 Å². The summed E-state index contributed by atoms with van der Waals surface area (Å²) in [5.74, 6) is 0.795. The third kappa shape index (κ3) is 2.76. The summed E-state index contributed by atoms with van der Waals surface area (Å²) >= 11 is 0. The number of hydrogen-bond acceptors (Lipinski definition) is 6. The molecule has 0 atom stereocenters. The molecule has 0 N–H and O–H groups in total. The van der Waals surface area contributed by atoms with E-state index in [1.807, 2.05) is 4.90 Å². The smallest absolute Gasteiger partial charge is 0.228 e. The summed E-state index contributed by atoms with van der Waals surface area (Å²) in [5.41, 5.74) is 0.670. The zero-order valence-electron chi connectivity index (χ0n) is 11.0. The van der Waals surface area contributed by atoms with Crippen molar-refractivity contribution in [3.05, 3.63) is 36.8 Å². The van der Waals surface area contributed by atoms with Gasteiger partial charge in [0.15, 0.2) is 6.39 Å². The van der Waals surface area contributed by atoms with E-state index in [1.54, 1.807) is 18.5 Å². The van der Waals surface area contributed by atoms with Gasteiger partial charge in [0.1, 0.15) is 6.26 Å². The second-order valence-electron chi connectivity index (χ2n) is 4.57. The van der Waals surface area contributed by atoms with Crippen LogP contribution >= 0.6 is 0 Å². The third-order valence-corrected chi connectivity index (χ3v) is 3.28. The number of carbonyl (C=O) groups is 1. The highest BCUT2D eigenvalue weighted by Crippen LogP contribution is 2.10. The van der Waals surface area contributed by atoms with Crippen LogP contribution in [0.15, 0.2) is 35.5 Å². The van der Waals surface area contributed by atoms with Crippen LogP contribution in [0.5, 0.6) is 0 Å². The van der Waals surface area contributed by atoms with Crippen LogP contribution < -0.4 is 4.90 Å². The van der Waals surface area contributed by atoms with Crippen molar-refractivity contribution in [2.75, 3.05) is 31.1 Å². The van der Waals surface area contributed by atoms with Crippen molar-refractivity contribution < 1.29 is 9.21 Å². The molecular formula is C13H15N5O2. The quantitative estimate of drug-likeness (QED) is 0.803. The van der Waals surface area contributed by atoms with Gasteiger partial charge in [0.2, 0.25) is 11.9 Å². The predicted octanol–water partition coefficient (Wildman–Crippen LogP) is 0.356. The molecule has 1 fully saturated rings. The minimum absolute atomic E-state index is 0.0764. The van der Waals surface area contributed by atoms with Gasteiger partial charge in [0, 0.05) is 38.6 Å². The van der Waals surface area contributed by atoms with Gasteiger partial charge in [0.05, 0.1) is 12.1 Å². The average molecular weight is 273 g/mol. The second-order valence-corrected chi connectivity index (χ2v) is 4.57. The molecule has 3 heterocycles. The van der Waals surface area contributed by atoms with Crippen LogP contribution in [0, 0.1) is 0 Å². The lowest BCUT2D eigenvalue weighted by atomic mass is 10.2. The molecule has 2 aromatic heterocycles. The Labute approximate surface area is 116 Å². The number of aromatic nitrogens is 3. The van der Waals surface area contributed by atoms with Crippen LogP contribution in [-0.4, -0.2) is 51.9 Å². The SMILES string of the molecule is O=C(Cc1cocn1)N1CCN(c2ncccn2)CC1. The first-order valence-electron chi connectivity index (χ1n) is 6.50. The molecule has 1 amide bonds. The molecule has 0 bridgehead atoms. The predicted molar refractivity (Wildman–Crippen MR) is 71.0 cm³/mol. The van der Waals surface area contributed by atoms with E-state index >= 15 is 0 Å². The number of oxazole rings is 1. The molecule has 104 valence electrons. The highest BCUT2D eigenvalue weighted by Gasteiger charge is 2.22. The minimum Gasteiger partial charge on any atom is -0.451 e. The highest BCUT2D eigenvalue weighted by atomic mass is 16.3. The number of nitrogens with zero attached hydrogens (tertiary/aromatic N) is 5. The van der Waals surface area contributed by atoms with Gasteiger partial charge in [-0.05, 0) is 6.07 Å². The Bertz CT molecular complexity index is 549. The molecule has 0 aliphatic carbocycles. The molecule has 1 saturated heterocycles. The van der Waals surface area contributed by atoms with Crippen molar-refractivity contribution in [2.24, 2.45) is 0 Å². The number of hydrogen-bond donors (Lipinski definition) is 0. The Morgan fingerprint density at radius 1 is 1.15 bits per heavy atom. The molecule has 0 radical (unpaired) electrons. The Balaban J connectivity index is 1.54. The topological polar surface area (TPSA) is 75.4 Å². The molecule has 0 saturated carbocycles. The summed E-state index contributed by atoms with van der Waals surface area (Å²) in [6, 6.07) is 1.79. The molecule has 2 aromatic rings. The van der Waals surface area contributed by atoms with Gasteiger partial charge in [-0.3, -0.25) is 4.79 Å². The monoisotopic (exact) mass is 273 g/mol. The van der Waals surface area contributed by atoms with E-state index in [2.05, 4.69) is 19.9 Å². The van der Waals surface area contributed by atoms with Crippen molar-refractivity contribution >= 4 is 11.9 Å². The molecule has 7 nitrogen and oxygen atoms in total. The summed E-state index contributed by atoms with van der Waals surface area (Å²) in [5, 5.41) is 0. The van der Waals surface area contributed by atoms with Gasteiger partial charge in [-0.2, -0.15) is 0 Å². The van der Waals surface area contributed by atoms with E-state index in [4.69, 9.17) is 4.42 Å². The summed E-state index contributed by atoms with van der Waals surface area (Å²) in [4.78, 5) is 28.4. The number of anilines is 1. The summed E-state index contributed by atoms with van der Waals surface area (Å²) in [6.07, 6.45) is 6.59. The van der Waals surface area contributed by atoms with Crippen molar-refractivity contribution in [1.82, 2.24) is 19.9 Å². The largest absolute Gasteiger partial charge is 0.451 e. The van der Waals surface area contributed by atoms with Gasteiger partial charge >= 0.3 is 0 Å². The Morgan fingerprint density at radius 2 is 1.90 bits per heavy atom. The Hall–Kier alpha value is -2.44. The van der Waals surface area contributed by atoms with E-state index in [0.717, 1.165) is 19.0 Å². The fourth-order valence-electron chi connectivity index (χ4n) is 2.20. The van der Waals surface area contributed by atoms with Crippen molar-refractivity contribution in [2.45, 2.75) is 6.42 Å². The van der Waals surface area contributed by atoms with Gasteiger partial charge in [0.25, 0.3) is 0 Å². The van der Waals surface area contributed by atoms with E-state index in [0.29, 0.717) is 25.2 Å². The number of rotatable bonds is 3. The van der Waals surface area contributed by atoms with E-state index in [9.17, 15) is 4.79 Å². The van der Waals surface area contributed by atoms with Crippen molar-refractivity contribution in [3.63, 3.8) is 0 Å². The first-order chi connectivity index (χ1) is 9.83. The number of amides is 1. The Kier molecular flexibility index (Phi) is 3.58. The molecule has 3 rings (SSSR count). The second kappa shape index (κ2) is 5.68. The van der Waals surface area contributed by atoms with Crippen LogP contribution in [0.1, 0.15) is 5.69 Å². The molecule has 0 unspecified atom stereocenters. The number of carbonyl (C=O) groups excluding carboxylic acids is 1. The molecule has 0 spiro atoms. The first-order valence-corrected chi connectivity index (χ1v) is 6.50. The van der Waals surface area contributed by atoms with Crippen LogP contribution in [0.2, 0.25) is 0 Å². The summed E-state index contributed by atoms with van der Waals surface area (Å²) in [7, 11) is 0. The summed E-state index contributed by atoms with van der Waals surface area (Å²) in [6.45, 7) is 2.84. The Morgan fingerprint density at radius 3 is 2.55 bits per heavy atom. The lowest BCUT2D eigenvalue weighted by Gasteiger charge is -2.34. The fraction of sp³-hybridized carbons (Fsp3) is 0.385. The molecule has 0 aromatic carbocycles. The van der Waals surface area contributed by atoms with Crippen LogP contribution in [-0.2, 0) is 11.2 Å². The summed E-state index contributed by atoms with van der Waals surface area (Å²) < 4.78 is 4.87. The molecule has 1 aliphatic rings. The van der Waals surface area contributed by atoms with Gasteiger partial charge in [-0.1, -0.05) is 0 Å². The zero-order valence-corrected chi connectivity index (χ0v) is 11.0. The lowest BCUT2D eigenvalue weighted by molar-refractivity contribution is -0.130. The normalized spacial score (nSPS) is 15.4. The van der Waals surface area contributed by atoms with Crippen molar-refractivity contribution in [3.8, 4) is 0 Å². The maximum atomic E-state index is 12.1. The van der Waals surface area contributed by atoms with E-state index < -0.39 is 0 Å². The average Bonchev–Trinajstić information content (AvgIpc) is 3.01. The van der Waals surface area contributed by atoms with Gasteiger partial charge < -0.3 is 14.2 Å². The standard InChI is InChI=1S/C13H15N5O2/c19-12(8-11-9-20-10-16-11)17-4-6-18(7-5-17)13-14-2-1-3-15-13/h1-3,9-10H,4-8H2. The third-order valence-electron chi connectivity index (χ3n) is 3.28. The first kappa shape index (κ1) is 12.6. The van der Waals surface area contributed by atoms with Crippen LogP contribution in [0.3, 0.4) is 0 Å². The molecular weight excluding hydrogens is 258 g/mol. The lowest BCUT2D eigenvalue weighted by Crippen LogP contribution is -2.49. The molecule has 20 heavy (non-hydrogen) atoms. The van der Waals surface area contributed by atoms with E-state index in [-0.39, 0.29) is 5.91 Å². The molecule has 7 heteroatoms. The zero-order chi connectivity index (χ0) is 13.8. The van der Waals surface area contributed by atoms with Gasteiger partial charge in [-0.15, -0.1) is 0 Å². The van der Waals surface area contributed by atoms with Crippen LogP contribution in [0.4, 0.5) is 5.95 Å². The highest BCUT2D eigenvalue weighted by molar-refractivity contribution is 5.78. The fourth-order valence-corrected chi connectivity index (χ4v) is 2.20. The minimum atomic E-state index is 0.0764. The molecule has 1 aliphatic heterocycles. The number of piperazine rings is 1. The maximum Gasteiger partial charge on any atom is 0.228 e. The maximum absolute atomic E-state index is 12.1. The van der Waals surface area contributed by atoms with Crippen molar-refractivity contribution in [1.29, 1.82) is 0 Å². The van der Waals surface area contributed by atoms with Gasteiger partial charge in [-0.25, -0.2) is 15.0 Å².